The molecule has 0 saturated carbocycles. The van der Waals surface area contributed by atoms with Crippen molar-refractivity contribution in [2.75, 3.05) is 78.1 Å². The summed E-state index contributed by atoms with van der Waals surface area (Å²) in [5.41, 5.74) is 0.701. The molecule has 0 spiro atoms. The zero-order chi connectivity index (χ0) is 26.0. The molecule has 0 saturated heterocycles. The van der Waals surface area contributed by atoms with Crippen LogP contribution in [0.25, 0.3) is 0 Å². The Balaban J connectivity index is 3.91. The SMILES string of the molecule is CNCC(=O)N(C)c1c(I)c(C(=O)N(CCO)CCO)c(I)c(C(=O)N(CCO)CCO)c1I. The van der Waals surface area contributed by atoms with Crippen molar-refractivity contribution in [3.05, 3.63) is 21.8 Å². The molecule has 0 heterocycles. The molecular formula is C20H29I3N4O7. The van der Waals surface area contributed by atoms with Gasteiger partial charge in [0.2, 0.25) is 5.91 Å². The van der Waals surface area contributed by atoms with Crippen LogP contribution in [0.4, 0.5) is 5.69 Å². The van der Waals surface area contributed by atoms with E-state index >= 15 is 0 Å². The van der Waals surface area contributed by atoms with E-state index < -0.39 is 11.8 Å². The van der Waals surface area contributed by atoms with E-state index in [2.05, 4.69) is 5.32 Å². The van der Waals surface area contributed by atoms with E-state index in [1.54, 1.807) is 14.1 Å². The van der Waals surface area contributed by atoms with E-state index in [1.807, 2.05) is 67.8 Å². The number of hydrogen-bond acceptors (Lipinski definition) is 8. The van der Waals surface area contributed by atoms with Gasteiger partial charge in [-0.25, -0.2) is 0 Å². The summed E-state index contributed by atoms with van der Waals surface area (Å²) in [6.45, 7) is -1.32. The first-order valence-corrected chi connectivity index (χ1v) is 13.5. The lowest BCUT2D eigenvalue weighted by Crippen LogP contribution is -2.40. The smallest absolute Gasteiger partial charge is 0.256 e. The molecule has 1 rings (SSSR count). The topological polar surface area (TPSA) is 154 Å². The summed E-state index contributed by atoms with van der Waals surface area (Å²) in [6, 6.07) is 0. The Bertz CT molecular complexity index is 821. The Kier molecular flexibility index (Phi) is 14.6. The molecule has 0 aliphatic heterocycles. The van der Waals surface area contributed by atoms with Crippen LogP contribution < -0.4 is 10.2 Å². The highest BCUT2D eigenvalue weighted by atomic mass is 127. The molecule has 0 unspecified atom stereocenters. The molecular weight excluding hydrogens is 789 g/mol. The zero-order valence-electron chi connectivity index (χ0n) is 18.9. The minimum absolute atomic E-state index is 0.0220. The lowest BCUT2D eigenvalue weighted by Gasteiger charge is -2.29. The maximum absolute atomic E-state index is 13.5. The largest absolute Gasteiger partial charge is 0.395 e. The average Bonchev–Trinajstić information content (AvgIpc) is 2.78. The number of nitrogens with zero attached hydrogens (tertiary/aromatic N) is 3. The minimum atomic E-state index is -0.506. The number of anilines is 1. The average molecular weight is 818 g/mol. The van der Waals surface area contributed by atoms with Crippen LogP contribution in [0.1, 0.15) is 20.7 Å². The molecule has 0 fully saturated rings. The maximum Gasteiger partial charge on any atom is 0.256 e. The number of aliphatic hydroxyl groups is 4. The molecule has 0 aromatic heterocycles. The van der Waals surface area contributed by atoms with Gasteiger partial charge in [-0.15, -0.1) is 0 Å². The number of carbonyl (C=O) groups excluding carboxylic acids is 3. The highest BCUT2D eigenvalue weighted by Crippen LogP contribution is 2.38. The van der Waals surface area contributed by atoms with Gasteiger partial charge in [0.05, 0.1) is 56.9 Å². The second kappa shape index (κ2) is 15.7. The Morgan fingerprint density at radius 2 is 1.09 bits per heavy atom. The van der Waals surface area contributed by atoms with Gasteiger partial charge in [-0.3, -0.25) is 14.4 Å². The third-order valence-electron chi connectivity index (χ3n) is 4.81. The molecule has 0 aliphatic carbocycles. The Hall–Kier alpha value is -0.380. The number of benzene rings is 1. The van der Waals surface area contributed by atoms with E-state index in [-0.39, 0.29) is 76.2 Å². The maximum atomic E-state index is 13.5. The lowest BCUT2D eigenvalue weighted by atomic mass is 10.1. The van der Waals surface area contributed by atoms with Gasteiger partial charge in [0, 0.05) is 36.8 Å². The minimum Gasteiger partial charge on any atom is -0.395 e. The number of rotatable bonds is 13. The highest BCUT2D eigenvalue weighted by Gasteiger charge is 2.33. The summed E-state index contributed by atoms with van der Waals surface area (Å²) < 4.78 is 1.22. The zero-order valence-corrected chi connectivity index (χ0v) is 25.3. The van der Waals surface area contributed by atoms with E-state index in [0.29, 0.717) is 16.4 Å². The predicted molar refractivity (Wildman–Crippen MR) is 152 cm³/mol. The van der Waals surface area contributed by atoms with Gasteiger partial charge in [0.1, 0.15) is 0 Å². The fraction of sp³-hybridized carbons (Fsp3) is 0.550. The summed E-state index contributed by atoms with van der Waals surface area (Å²) in [5, 5.41) is 40.4. The number of carbonyl (C=O) groups is 3. The quantitative estimate of drug-likeness (QED) is 0.168. The summed E-state index contributed by atoms with van der Waals surface area (Å²) in [7, 11) is 3.18. The first kappa shape index (κ1) is 31.6. The van der Waals surface area contributed by atoms with Crippen LogP contribution >= 0.6 is 67.8 Å². The van der Waals surface area contributed by atoms with Crippen LogP contribution in [-0.4, -0.2) is 121 Å². The normalized spacial score (nSPS) is 10.9. The van der Waals surface area contributed by atoms with Crippen molar-refractivity contribution in [1.82, 2.24) is 15.1 Å². The summed E-state index contributed by atoms with van der Waals surface area (Å²) >= 11 is 5.83. The van der Waals surface area contributed by atoms with Gasteiger partial charge in [0.25, 0.3) is 11.8 Å². The molecule has 11 nitrogen and oxygen atoms in total. The monoisotopic (exact) mass is 818 g/mol. The molecule has 0 aliphatic rings. The van der Waals surface area contributed by atoms with E-state index in [0.717, 1.165) is 0 Å². The predicted octanol–water partition coefficient (Wildman–Crippen LogP) is -0.464. The van der Waals surface area contributed by atoms with Crippen LogP contribution in [0.15, 0.2) is 0 Å². The number of nitrogens with one attached hydrogen (secondary N) is 1. The Morgan fingerprint density at radius 3 is 1.38 bits per heavy atom. The van der Waals surface area contributed by atoms with Gasteiger partial charge in [-0.1, -0.05) is 0 Å². The summed E-state index contributed by atoms with van der Waals surface area (Å²) in [4.78, 5) is 43.7. The fourth-order valence-corrected chi connectivity index (χ4v) is 7.96. The molecule has 0 atom stereocenters. The molecule has 3 amide bonds. The second-order valence-corrected chi connectivity index (χ2v) is 10.2. The number of halogens is 3. The van der Waals surface area contributed by atoms with Gasteiger partial charge < -0.3 is 40.4 Å². The van der Waals surface area contributed by atoms with Crippen molar-refractivity contribution in [1.29, 1.82) is 0 Å². The van der Waals surface area contributed by atoms with Gasteiger partial charge in [-0.05, 0) is 74.8 Å². The molecule has 14 heteroatoms. The van der Waals surface area contributed by atoms with Crippen LogP contribution in [0.2, 0.25) is 0 Å². The molecule has 1 aromatic rings. The third kappa shape index (κ3) is 7.56. The highest BCUT2D eigenvalue weighted by molar-refractivity contribution is 14.1. The molecule has 0 bridgehead atoms. The van der Waals surface area contributed by atoms with E-state index in [1.165, 1.54) is 14.7 Å². The van der Waals surface area contributed by atoms with Crippen LogP contribution in [-0.2, 0) is 4.79 Å². The van der Waals surface area contributed by atoms with Crippen molar-refractivity contribution in [3.63, 3.8) is 0 Å². The van der Waals surface area contributed by atoms with Crippen LogP contribution in [0.5, 0.6) is 0 Å². The third-order valence-corrected chi connectivity index (χ3v) is 7.99. The van der Waals surface area contributed by atoms with Crippen LogP contribution in [0, 0.1) is 10.7 Å². The molecule has 1 aromatic carbocycles. The number of likely N-dealkylation sites (N-methyl/N-ethyl adjacent to an activating group) is 2. The van der Waals surface area contributed by atoms with Crippen molar-refractivity contribution in [3.8, 4) is 0 Å². The van der Waals surface area contributed by atoms with Gasteiger partial charge >= 0.3 is 0 Å². The molecule has 5 N–H and O–H groups in total. The first-order valence-electron chi connectivity index (χ1n) is 10.3. The standard InChI is InChI=1S/C20H29I3N4O7/c1-24-11-12(32)25(2)18-16(22)13(19(33)26(3-7-28)4-8-29)15(21)14(17(18)23)20(34)27(5-9-30)6-10-31/h24,28-31H,3-11H2,1-2H3. The van der Waals surface area contributed by atoms with Gasteiger partial charge in [0.15, 0.2) is 0 Å². The van der Waals surface area contributed by atoms with Crippen molar-refractivity contribution >= 4 is 91.2 Å². The Morgan fingerprint density at radius 1 is 0.735 bits per heavy atom. The Labute approximate surface area is 239 Å². The van der Waals surface area contributed by atoms with Crippen molar-refractivity contribution in [2.45, 2.75) is 0 Å². The first-order chi connectivity index (χ1) is 16.1. The van der Waals surface area contributed by atoms with E-state index in [4.69, 9.17) is 0 Å². The number of aliphatic hydroxyl groups excluding tert-OH is 4. The van der Waals surface area contributed by atoms with Gasteiger partial charge in [-0.2, -0.15) is 0 Å². The molecule has 192 valence electrons. The van der Waals surface area contributed by atoms with Crippen molar-refractivity contribution < 1.29 is 34.8 Å². The second-order valence-electron chi connectivity index (χ2n) is 7.00. The molecule has 0 radical (unpaired) electrons. The van der Waals surface area contributed by atoms with Crippen LogP contribution in [0.3, 0.4) is 0 Å². The van der Waals surface area contributed by atoms with E-state index in [9.17, 15) is 34.8 Å². The molecule has 34 heavy (non-hydrogen) atoms. The fourth-order valence-electron chi connectivity index (χ4n) is 3.14. The van der Waals surface area contributed by atoms with Crippen molar-refractivity contribution in [2.24, 2.45) is 0 Å². The number of hydrogen-bond donors (Lipinski definition) is 5. The number of amides is 3. The summed E-state index contributed by atoms with van der Waals surface area (Å²) in [5.74, 6) is -1.30. The summed E-state index contributed by atoms with van der Waals surface area (Å²) in [6.07, 6.45) is 0. The lowest BCUT2D eigenvalue weighted by molar-refractivity contribution is -0.117.